The fraction of sp³-hybridized carbons (Fsp3) is 0.619. The van der Waals surface area contributed by atoms with Gasteiger partial charge in [0.05, 0.1) is 0 Å². The highest BCUT2D eigenvalue weighted by atomic mass is 16.5. The van der Waals surface area contributed by atoms with E-state index in [1.54, 1.807) is 17.6 Å². The van der Waals surface area contributed by atoms with Crippen molar-refractivity contribution in [3.63, 3.8) is 0 Å². The Kier molecular flexibility index (Phi) is 7.28. The first-order valence-corrected chi connectivity index (χ1v) is 10.3. The molecule has 7 heteroatoms. The van der Waals surface area contributed by atoms with Gasteiger partial charge in [0.2, 0.25) is 0 Å². The first-order valence-electron chi connectivity index (χ1n) is 10.3. The van der Waals surface area contributed by atoms with Crippen LogP contribution >= 0.6 is 0 Å². The highest BCUT2D eigenvalue weighted by Gasteiger charge is 2.30. The Morgan fingerprint density at radius 1 is 1.04 bits per heavy atom. The van der Waals surface area contributed by atoms with Crippen LogP contribution in [0.2, 0.25) is 0 Å². The summed E-state index contributed by atoms with van der Waals surface area (Å²) in [5.41, 5.74) is 3.12. The minimum Gasteiger partial charge on any atom is -0.480 e. The van der Waals surface area contributed by atoms with E-state index in [0.717, 1.165) is 63.8 Å². The van der Waals surface area contributed by atoms with E-state index < -0.39 is 17.9 Å². The first kappa shape index (κ1) is 20.6. The molecule has 154 valence electrons. The van der Waals surface area contributed by atoms with Crippen LogP contribution in [0.5, 0.6) is 0 Å². The fourth-order valence-corrected chi connectivity index (χ4v) is 4.50. The lowest BCUT2D eigenvalue weighted by Gasteiger charge is -2.35. The van der Waals surface area contributed by atoms with Gasteiger partial charge in [-0.15, -0.1) is 0 Å². The highest BCUT2D eigenvalue weighted by Crippen LogP contribution is 2.28. The number of hydrogen-bond acceptors (Lipinski definition) is 5. The number of nitrogens with zero attached hydrogens (tertiary/aromatic N) is 1. The predicted octanol–water partition coefficient (Wildman–Crippen LogP) is 2.65. The average molecular weight is 389 g/mol. The number of carbonyl (C=O) groups excluding carboxylic acids is 1. The Balaban J connectivity index is 1.47. The second-order valence-electron chi connectivity index (χ2n) is 8.04. The van der Waals surface area contributed by atoms with E-state index in [0.29, 0.717) is 11.5 Å². The van der Waals surface area contributed by atoms with Gasteiger partial charge in [0, 0.05) is 24.3 Å². The number of aliphatic carboxylic acids is 1. The summed E-state index contributed by atoms with van der Waals surface area (Å²) >= 11 is 0. The molecule has 2 fully saturated rings. The van der Waals surface area contributed by atoms with Gasteiger partial charge in [-0.25, -0.2) is 5.48 Å². The van der Waals surface area contributed by atoms with Crippen molar-refractivity contribution in [1.82, 2.24) is 10.8 Å². The third-order valence-corrected chi connectivity index (χ3v) is 6.22. The molecule has 1 saturated carbocycles. The number of carbonyl (C=O) groups is 2. The van der Waals surface area contributed by atoms with Gasteiger partial charge in [0.1, 0.15) is 6.04 Å². The zero-order chi connectivity index (χ0) is 19.9. The molecule has 28 heavy (non-hydrogen) atoms. The van der Waals surface area contributed by atoms with Crippen molar-refractivity contribution >= 4 is 17.6 Å². The van der Waals surface area contributed by atoms with Crippen molar-refractivity contribution in [3.05, 3.63) is 29.8 Å². The molecule has 1 aromatic carbocycles. The molecule has 0 bridgehead atoms. The average Bonchev–Trinajstić information content (AvgIpc) is 2.74. The van der Waals surface area contributed by atoms with Gasteiger partial charge in [-0.2, -0.15) is 0 Å². The Morgan fingerprint density at radius 3 is 2.25 bits per heavy atom. The van der Waals surface area contributed by atoms with Crippen LogP contribution in [0.4, 0.5) is 5.69 Å². The van der Waals surface area contributed by atoms with Gasteiger partial charge in [-0.05, 0) is 68.3 Å². The molecule has 4 N–H and O–H groups in total. The van der Waals surface area contributed by atoms with Crippen LogP contribution in [-0.4, -0.2) is 47.9 Å². The highest BCUT2D eigenvalue weighted by molar-refractivity contribution is 5.93. The lowest BCUT2D eigenvalue weighted by molar-refractivity contribution is -0.141. The predicted molar refractivity (Wildman–Crippen MR) is 107 cm³/mol. The van der Waals surface area contributed by atoms with Gasteiger partial charge in [-0.3, -0.25) is 14.8 Å². The number of piperidine rings is 1. The standard InChI is InChI=1S/C21H31N3O4/c25-20(23-28)17-6-8-18(9-7-17)24-12-10-15(11-13-24)14-22-19(21(26)27)16-4-2-1-3-5-16/h6-9,15-16,19,22,28H,1-5,10-14H2,(H,23,25)(H,26,27). The lowest BCUT2D eigenvalue weighted by Crippen LogP contribution is -2.47. The van der Waals surface area contributed by atoms with E-state index in [2.05, 4.69) is 10.2 Å². The van der Waals surface area contributed by atoms with E-state index in [9.17, 15) is 14.7 Å². The lowest BCUT2D eigenvalue weighted by atomic mass is 9.83. The summed E-state index contributed by atoms with van der Waals surface area (Å²) in [5, 5.41) is 21.7. The van der Waals surface area contributed by atoms with Crippen LogP contribution in [0.1, 0.15) is 55.3 Å². The molecule has 1 aromatic rings. The van der Waals surface area contributed by atoms with Gasteiger partial charge < -0.3 is 15.3 Å². The summed E-state index contributed by atoms with van der Waals surface area (Å²) in [7, 11) is 0. The molecule has 0 radical (unpaired) electrons. The number of hydroxylamine groups is 1. The minimum atomic E-state index is -0.712. The maximum atomic E-state index is 11.7. The van der Waals surface area contributed by atoms with E-state index >= 15 is 0 Å². The van der Waals surface area contributed by atoms with E-state index in [4.69, 9.17) is 5.21 Å². The number of benzene rings is 1. The third-order valence-electron chi connectivity index (χ3n) is 6.22. The summed E-state index contributed by atoms with van der Waals surface area (Å²) in [6.07, 6.45) is 7.60. The van der Waals surface area contributed by atoms with Gasteiger partial charge in [0.25, 0.3) is 5.91 Å². The van der Waals surface area contributed by atoms with Crippen molar-refractivity contribution in [2.24, 2.45) is 11.8 Å². The molecule has 3 rings (SSSR count). The SMILES string of the molecule is O=C(NO)c1ccc(N2CCC(CNC(C(=O)O)C3CCCCC3)CC2)cc1. The molecule has 1 aliphatic heterocycles. The summed E-state index contributed by atoms with van der Waals surface area (Å²) in [6, 6.07) is 6.79. The summed E-state index contributed by atoms with van der Waals surface area (Å²) in [6.45, 7) is 2.59. The van der Waals surface area contributed by atoms with Crippen molar-refractivity contribution in [2.75, 3.05) is 24.5 Å². The van der Waals surface area contributed by atoms with E-state index in [1.165, 1.54) is 6.42 Å². The maximum Gasteiger partial charge on any atom is 0.320 e. The second-order valence-corrected chi connectivity index (χ2v) is 8.04. The van der Waals surface area contributed by atoms with Gasteiger partial charge in [0.15, 0.2) is 0 Å². The minimum absolute atomic E-state index is 0.265. The maximum absolute atomic E-state index is 11.7. The monoisotopic (exact) mass is 389 g/mol. The molecule has 1 aliphatic carbocycles. The van der Waals surface area contributed by atoms with Gasteiger partial charge >= 0.3 is 5.97 Å². The number of rotatable bonds is 7. The zero-order valence-corrected chi connectivity index (χ0v) is 16.3. The van der Waals surface area contributed by atoms with Crippen LogP contribution in [0, 0.1) is 11.8 Å². The van der Waals surface area contributed by atoms with Crippen LogP contribution in [0.25, 0.3) is 0 Å². The Labute approximate surface area is 166 Å². The van der Waals surface area contributed by atoms with Crippen LogP contribution in [-0.2, 0) is 4.79 Å². The molecule has 2 aliphatic rings. The van der Waals surface area contributed by atoms with Crippen molar-refractivity contribution in [3.8, 4) is 0 Å². The van der Waals surface area contributed by atoms with Crippen LogP contribution in [0.3, 0.4) is 0 Å². The first-order chi connectivity index (χ1) is 13.6. The normalized spacial score (nSPS) is 20.0. The number of carboxylic acid groups (broad SMARTS) is 1. The van der Waals surface area contributed by atoms with Crippen molar-refractivity contribution < 1.29 is 19.9 Å². The quantitative estimate of drug-likeness (QED) is 0.422. The largest absolute Gasteiger partial charge is 0.480 e. The number of carboxylic acids is 1. The van der Waals surface area contributed by atoms with Crippen molar-refractivity contribution in [2.45, 2.75) is 51.0 Å². The second kappa shape index (κ2) is 9.89. The summed E-state index contributed by atoms with van der Waals surface area (Å²) in [5.74, 6) is -0.472. The van der Waals surface area contributed by atoms with Crippen LogP contribution in [0.15, 0.2) is 24.3 Å². The number of anilines is 1. The number of hydrogen-bond donors (Lipinski definition) is 4. The molecule has 7 nitrogen and oxygen atoms in total. The van der Waals surface area contributed by atoms with E-state index in [-0.39, 0.29) is 5.92 Å². The van der Waals surface area contributed by atoms with Crippen LogP contribution < -0.4 is 15.7 Å². The molecular formula is C21H31N3O4. The third kappa shape index (κ3) is 5.23. The topological polar surface area (TPSA) is 102 Å². The molecule has 1 unspecified atom stereocenters. The Hall–Kier alpha value is -2.12. The molecular weight excluding hydrogens is 358 g/mol. The molecule has 0 spiro atoms. The number of nitrogens with one attached hydrogen (secondary N) is 2. The number of amides is 1. The molecule has 1 heterocycles. The Morgan fingerprint density at radius 2 is 1.68 bits per heavy atom. The summed E-state index contributed by atoms with van der Waals surface area (Å²) < 4.78 is 0. The van der Waals surface area contributed by atoms with E-state index in [1.807, 2.05) is 12.1 Å². The summed E-state index contributed by atoms with van der Waals surface area (Å²) in [4.78, 5) is 25.4. The molecule has 0 aromatic heterocycles. The van der Waals surface area contributed by atoms with Crippen molar-refractivity contribution in [1.29, 1.82) is 0 Å². The molecule has 1 saturated heterocycles. The zero-order valence-electron chi connectivity index (χ0n) is 16.3. The Bertz CT molecular complexity index is 650. The molecule has 1 amide bonds. The van der Waals surface area contributed by atoms with Gasteiger partial charge in [-0.1, -0.05) is 19.3 Å². The smallest absolute Gasteiger partial charge is 0.320 e. The fourth-order valence-electron chi connectivity index (χ4n) is 4.50. The molecule has 1 atom stereocenters.